The molecule has 7 heteroatoms. The summed E-state index contributed by atoms with van der Waals surface area (Å²) in [5, 5.41) is 0. The molecule has 0 heterocycles. The molecule has 0 radical (unpaired) electrons. The van der Waals surface area contributed by atoms with E-state index in [-0.39, 0.29) is 25.8 Å². The molecule has 0 saturated heterocycles. The van der Waals surface area contributed by atoms with Crippen molar-refractivity contribution in [3.8, 4) is 0 Å². The minimum atomic E-state index is -0.218. The largest absolute Gasteiger partial charge is 0.495 e. The summed E-state index contributed by atoms with van der Waals surface area (Å²) in [5.41, 5.74) is 0. The van der Waals surface area contributed by atoms with Gasteiger partial charge in [0.05, 0.1) is 26.4 Å². The van der Waals surface area contributed by atoms with Gasteiger partial charge in [0.2, 0.25) is 0 Å². The molecule has 0 aliphatic heterocycles. The van der Waals surface area contributed by atoms with Gasteiger partial charge >= 0.3 is 0 Å². The van der Waals surface area contributed by atoms with E-state index < -0.39 is 0 Å². The molecule has 0 bridgehead atoms. The van der Waals surface area contributed by atoms with Gasteiger partial charge in [-0.15, -0.1) is 0 Å². The zero-order valence-corrected chi connectivity index (χ0v) is 42.3. The first-order chi connectivity index (χ1) is 30.1. The highest BCUT2D eigenvalue weighted by molar-refractivity contribution is 5.09. The average molecular weight is 867 g/mol. The molecule has 61 heavy (non-hydrogen) atoms. The Labute approximate surface area is 380 Å². The zero-order chi connectivity index (χ0) is 44.7. The Morgan fingerprint density at radius 1 is 0.295 bits per heavy atom. The summed E-state index contributed by atoms with van der Waals surface area (Å²) >= 11 is 0. The van der Waals surface area contributed by atoms with Gasteiger partial charge in [0, 0.05) is 12.8 Å². The SMILES string of the molecule is CCCCCCCCCCC(OCC)=C(OCC)C(CCCCCCCCC)OCOCOC(CCCCCCCCC)C(OCC)=C(CCCCCCCCCC)OCC. The fourth-order valence-corrected chi connectivity index (χ4v) is 8.19. The van der Waals surface area contributed by atoms with Crippen molar-refractivity contribution in [1.82, 2.24) is 0 Å². The van der Waals surface area contributed by atoms with Gasteiger partial charge < -0.3 is 33.2 Å². The molecule has 2 atom stereocenters. The molecule has 2 unspecified atom stereocenters. The molecule has 0 spiro atoms. The summed E-state index contributed by atoms with van der Waals surface area (Å²) in [6, 6.07) is 0. The lowest BCUT2D eigenvalue weighted by atomic mass is 10.0. The Hall–Kier alpha value is -1.44. The van der Waals surface area contributed by atoms with Crippen LogP contribution in [0.15, 0.2) is 23.0 Å². The minimum Gasteiger partial charge on any atom is -0.495 e. The van der Waals surface area contributed by atoms with Crippen molar-refractivity contribution in [3.63, 3.8) is 0 Å². The topological polar surface area (TPSA) is 64.6 Å². The van der Waals surface area contributed by atoms with Crippen LogP contribution in [0.4, 0.5) is 0 Å². The third-order valence-electron chi connectivity index (χ3n) is 11.7. The second kappa shape index (κ2) is 48.0. The molecular weight excluding hydrogens is 761 g/mol. The van der Waals surface area contributed by atoms with E-state index in [4.69, 9.17) is 33.2 Å². The van der Waals surface area contributed by atoms with Crippen LogP contribution in [-0.4, -0.2) is 52.2 Å². The summed E-state index contributed by atoms with van der Waals surface area (Å²) in [7, 11) is 0. The summed E-state index contributed by atoms with van der Waals surface area (Å²) < 4.78 is 44.9. The fourth-order valence-electron chi connectivity index (χ4n) is 8.19. The maximum Gasteiger partial charge on any atom is 0.162 e. The quantitative estimate of drug-likeness (QED) is 0.0343. The Morgan fingerprint density at radius 3 is 0.836 bits per heavy atom. The molecule has 7 nitrogen and oxygen atoms in total. The van der Waals surface area contributed by atoms with Gasteiger partial charge in [-0.1, -0.05) is 207 Å². The van der Waals surface area contributed by atoms with Gasteiger partial charge in [0.1, 0.15) is 23.7 Å². The standard InChI is InChI=1S/C54H106O7/c1-9-17-21-25-29-33-37-39-43-49(56-13-5)53(58-15-7)51(45-41-35-31-27-23-19-11-3)60-47-55-48-61-52(46-42-36-32-28-24-20-12-4)54(59-16-8)50(57-14-6)44-40-38-34-30-26-22-18-10-2/h51-52H,9-48H2,1-8H3. The van der Waals surface area contributed by atoms with Crippen LogP contribution in [0.3, 0.4) is 0 Å². The molecular formula is C54H106O7. The number of rotatable bonds is 50. The monoisotopic (exact) mass is 867 g/mol. The average Bonchev–Trinajstić information content (AvgIpc) is 3.26. The van der Waals surface area contributed by atoms with E-state index in [1.165, 1.54) is 167 Å². The molecule has 0 N–H and O–H groups in total. The maximum absolute atomic E-state index is 6.61. The van der Waals surface area contributed by atoms with Gasteiger partial charge in [0.15, 0.2) is 25.1 Å². The van der Waals surface area contributed by atoms with Crippen molar-refractivity contribution in [2.75, 3.05) is 40.0 Å². The van der Waals surface area contributed by atoms with E-state index in [0.29, 0.717) is 26.4 Å². The van der Waals surface area contributed by atoms with E-state index in [0.717, 1.165) is 74.4 Å². The number of hydrogen-bond acceptors (Lipinski definition) is 7. The van der Waals surface area contributed by atoms with Gasteiger partial charge in [-0.2, -0.15) is 0 Å². The molecule has 0 fully saturated rings. The first-order valence-electron chi connectivity index (χ1n) is 26.9. The number of ether oxygens (including phenoxy) is 7. The lowest BCUT2D eigenvalue weighted by Gasteiger charge is -2.26. The van der Waals surface area contributed by atoms with Crippen LogP contribution in [0.5, 0.6) is 0 Å². The Morgan fingerprint density at radius 2 is 0.557 bits per heavy atom. The lowest BCUT2D eigenvalue weighted by molar-refractivity contribution is -0.167. The smallest absolute Gasteiger partial charge is 0.162 e. The van der Waals surface area contributed by atoms with Gasteiger partial charge in [-0.3, -0.25) is 0 Å². The van der Waals surface area contributed by atoms with Crippen molar-refractivity contribution in [2.24, 2.45) is 0 Å². The van der Waals surface area contributed by atoms with Crippen molar-refractivity contribution in [3.05, 3.63) is 23.0 Å². The molecule has 0 rings (SSSR count). The van der Waals surface area contributed by atoms with E-state index in [1.54, 1.807) is 0 Å². The molecule has 0 aromatic carbocycles. The van der Waals surface area contributed by atoms with Crippen molar-refractivity contribution < 1.29 is 33.2 Å². The zero-order valence-electron chi connectivity index (χ0n) is 42.3. The van der Waals surface area contributed by atoms with E-state index in [9.17, 15) is 0 Å². The summed E-state index contributed by atoms with van der Waals surface area (Å²) in [6.07, 6.45) is 41.2. The molecule has 0 aliphatic rings. The van der Waals surface area contributed by atoms with Crippen molar-refractivity contribution >= 4 is 0 Å². The van der Waals surface area contributed by atoms with Crippen LogP contribution in [0.25, 0.3) is 0 Å². The lowest BCUT2D eigenvalue weighted by Crippen LogP contribution is -2.25. The van der Waals surface area contributed by atoms with Gasteiger partial charge in [0.25, 0.3) is 0 Å². The second-order valence-corrected chi connectivity index (χ2v) is 17.3. The summed E-state index contributed by atoms with van der Waals surface area (Å²) in [5.74, 6) is 3.65. The normalized spacial score (nSPS) is 13.5. The molecule has 0 aromatic heterocycles. The highest BCUT2D eigenvalue weighted by atomic mass is 16.7. The third-order valence-corrected chi connectivity index (χ3v) is 11.7. The van der Waals surface area contributed by atoms with Crippen LogP contribution >= 0.6 is 0 Å². The molecule has 0 aliphatic carbocycles. The first kappa shape index (κ1) is 59.6. The highest BCUT2D eigenvalue weighted by Gasteiger charge is 2.25. The molecule has 364 valence electrons. The maximum atomic E-state index is 6.61. The van der Waals surface area contributed by atoms with Crippen LogP contribution < -0.4 is 0 Å². The first-order valence-corrected chi connectivity index (χ1v) is 26.9. The van der Waals surface area contributed by atoms with Crippen LogP contribution in [0.2, 0.25) is 0 Å². The van der Waals surface area contributed by atoms with E-state index in [1.807, 2.05) is 0 Å². The molecule has 0 amide bonds. The Balaban J connectivity index is 5.94. The van der Waals surface area contributed by atoms with Gasteiger partial charge in [-0.25, -0.2) is 0 Å². The Kier molecular flexibility index (Phi) is 46.9. The van der Waals surface area contributed by atoms with Crippen molar-refractivity contribution in [1.29, 1.82) is 0 Å². The summed E-state index contributed by atoms with van der Waals surface area (Å²) in [6.45, 7) is 20.1. The number of hydrogen-bond donors (Lipinski definition) is 0. The summed E-state index contributed by atoms with van der Waals surface area (Å²) in [4.78, 5) is 0. The highest BCUT2D eigenvalue weighted by Crippen LogP contribution is 2.28. The predicted octanol–water partition coefficient (Wildman–Crippen LogP) is 17.6. The molecule has 0 aromatic rings. The minimum absolute atomic E-state index is 0.128. The predicted molar refractivity (Wildman–Crippen MR) is 261 cm³/mol. The van der Waals surface area contributed by atoms with Gasteiger partial charge in [-0.05, 0) is 53.4 Å². The second-order valence-electron chi connectivity index (χ2n) is 17.3. The number of allylic oxidation sites excluding steroid dienone is 2. The van der Waals surface area contributed by atoms with E-state index >= 15 is 0 Å². The fraction of sp³-hybridized carbons (Fsp3) is 0.926. The molecule has 0 saturated carbocycles. The van der Waals surface area contributed by atoms with E-state index in [2.05, 4.69) is 55.4 Å². The van der Waals surface area contributed by atoms with Crippen LogP contribution in [0, 0.1) is 0 Å². The number of unbranched alkanes of at least 4 members (excludes halogenated alkanes) is 26. The Bertz CT molecular complexity index is 876. The van der Waals surface area contributed by atoms with Crippen LogP contribution in [0.1, 0.15) is 274 Å². The van der Waals surface area contributed by atoms with Crippen molar-refractivity contribution in [2.45, 2.75) is 286 Å². The van der Waals surface area contributed by atoms with Crippen LogP contribution in [-0.2, 0) is 33.2 Å². The third kappa shape index (κ3) is 35.6.